The van der Waals surface area contributed by atoms with Crippen LogP contribution in [0.3, 0.4) is 0 Å². The summed E-state index contributed by atoms with van der Waals surface area (Å²) in [4.78, 5) is 30.4. The number of aromatic nitrogens is 2. The topological polar surface area (TPSA) is 107 Å². The molecule has 0 radical (unpaired) electrons. The van der Waals surface area contributed by atoms with Gasteiger partial charge in [0.1, 0.15) is 12.1 Å². The number of ether oxygens (including phenoxy) is 2. The Kier molecular flexibility index (Phi) is 5.26. The second-order valence-corrected chi connectivity index (χ2v) is 7.33. The van der Waals surface area contributed by atoms with Gasteiger partial charge in [0.15, 0.2) is 11.5 Å². The Labute approximate surface area is 163 Å². The molecule has 1 fully saturated rings. The number of urea groups is 1. The summed E-state index contributed by atoms with van der Waals surface area (Å²) in [5, 5.41) is 6.71. The molecule has 1 aromatic carbocycles. The largest absolute Gasteiger partial charge is 0.493 e. The number of nitrogens with one attached hydrogen (secondary N) is 1. The summed E-state index contributed by atoms with van der Waals surface area (Å²) in [5.74, 6) is 1.57. The second-order valence-electron chi connectivity index (χ2n) is 7.33. The number of amides is 3. The highest BCUT2D eigenvalue weighted by Gasteiger charge is 2.48. The molecule has 1 aromatic heterocycles. The Balaban J connectivity index is 1.78. The minimum absolute atomic E-state index is 0.0847. The van der Waals surface area contributed by atoms with Crippen molar-refractivity contribution in [3.8, 4) is 22.9 Å². The number of imide groups is 1. The van der Waals surface area contributed by atoms with Crippen molar-refractivity contribution in [2.45, 2.75) is 39.3 Å². The van der Waals surface area contributed by atoms with E-state index >= 15 is 0 Å². The molecule has 0 unspecified atom stereocenters. The highest BCUT2D eigenvalue weighted by Crippen LogP contribution is 2.31. The lowest BCUT2D eigenvalue weighted by Crippen LogP contribution is -2.44. The van der Waals surface area contributed by atoms with Crippen LogP contribution >= 0.6 is 0 Å². The van der Waals surface area contributed by atoms with Crippen LogP contribution in [0.25, 0.3) is 11.4 Å². The van der Waals surface area contributed by atoms with Crippen LogP contribution in [0.5, 0.6) is 11.5 Å². The van der Waals surface area contributed by atoms with Gasteiger partial charge in [-0.2, -0.15) is 4.98 Å². The fraction of sp³-hybridized carbons (Fsp3) is 0.474. The standard InChI is InChI=1S/C19H24N4O5/c1-11(2)9-19(3)17(24)23(18(25)21-19)10-15-20-16(22-28-15)12-6-7-13(26-4)14(8-12)27-5/h6-8,11H,9-10H2,1-5H3,(H,21,25)/t19-/m0/s1. The minimum atomic E-state index is -0.919. The maximum atomic E-state index is 12.7. The maximum absolute atomic E-state index is 12.7. The fourth-order valence-electron chi connectivity index (χ4n) is 3.39. The van der Waals surface area contributed by atoms with Crippen molar-refractivity contribution < 1.29 is 23.6 Å². The number of hydrogen-bond acceptors (Lipinski definition) is 7. The molecule has 0 aliphatic carbocycles. The number of rotatable bonds is 7. The normalized spacial score (nSPS) is 19.3. The molecular weight excluding hydrogens is 364 g/mol. The van der Waals surface area contributed by atoms with Gasteiger partial charge in [0.25, 0.3) is 5.91 Å². The molecule has 0 spiro atoms. The van der Waals surface area contributed by atoms with Gasteiger partial charge in [-0.25, -0.2) is 4.79 Å². The third-order valence-corrected chi connectivity index (χ3v) is 4.56. The molecule has 1 saturated heterocycles. The summed E-state index contributed by atoms with van der Waals surface area (Å²) >= 11 is 0. The van der Waals surface area contributed by atoms with Crippen molar-refractivity contribution in [3.63, 3.8) is 0 Å². The molecule has 0 bridgehead atoms. The molecule has 9 nitrogen and oxygen atoms in total. The van der Waals surface area contributed by atoms with E-state index < -0.39 is 11.6 Å². The number of methoxy groups -OCH3 is 2. The monoisotopic (exact) mass is 388 g/mol. The van der Waals surface area contributed by atoms with Gasteiger partial charge >= 0.3 is 6.03 Å². The maximum Gasteiger partial charge on any atom is 0.325 e. The molecule has 150 valence electrons. The first kappa shape index (κ1) is 19.7. The summed E-state index contributed by atoms with van der Waals surface area (Å²) in [5.41, 5.74) is -0.258. The number of nitrogens with zero attached hydrogens (tertiary/aromatic N) is 3. The first-order chi connectivity index (χ1) is 13.3. The van der Waals surface area contributed by atoms with E-state index in [1.807, 2.05) is 13.8 Å². The second kappa shape index (κ2) is 7.49. The third-order valence-electron chi connectivity index (χ3n) is 4.56. The van der Waals surface area contributed by atoms with Crippen LogP contribution in [0, 0.1) is 5.92 Å². The van der Waals surface area contributed by atoms with Crippen molar-refractivity contribution in [2.24, 2.45) is 5.92 Å². The fourth-order valence-corrected chi connectivity index (χ4v) is 3.39. The van der Waals surface area contributed by atoms with Crippen molar-refractivity contribution >= 4 is 11.9 Å². The number of carbonyl (C=O) groups is 2. The summed E-state index contributed by atoms with van der Waals surface area (Å²) in [6.07, 6.45) is 0.550. The quantitative estimate of drug-likeness (QED) is 0.727. The van der Waals surface area contributed by atoms with Gasteiger partial charge in [0.2, 0.25) is 11.7 Å². The van der Waals surface area contributed by atoms with Crippen LogP contribution in [-0.2, 0) is 11.3 Å². The van der Waals surface area contributed by atoms with Crippen molar-refractivity contribution in [1.82, 2.24) is 20.4 Å². The summed E-state index contributed by atoms with van der Waals surface area (Å²) in [6, 6.07) is 4.77. The van der Waals surface area contributed by atoms with Crippen LogP contribution in [-0.4, -0.2) is 46.7 Å². The zero-order valence-corrected chi connectivity index (χ0v) is 16.6. The number of carbonyl (C=O) groups excluding carboxylic acids is 2. The molecule has 3 amide bonds. The van der Waals surface area contributed by atoms with Crippen LogP contribution < -0.4 is 14.8 Å². The van der Waals surface area contributed by atoms with Crippen molar-refractivity contribution in [2.75, 3.05) is 14.2 Å². The molecular formula is C19H24N4O5. The zero-order valence-electron chi connectivity index (χ0n) is 16.6. The Bertz CT molecular complexity index is 894. The lowest BCUT2D eigenvalue weighted by atomic mass is 9.91. The molecule has 2 aromatic rings. The summed E-state index contributed by atoms with van der Waals surface area (Å²) in [6.45, 7) is 5.65. The van der Waals surface area contributed by atoms with Gasteiger partial charge in [-0.05, 0) is 37.5 Å². The van der Waals surface area contributed by atoms with Crippen molar-refractivity contribution in [1.29, 1.82) is 0 Å². The van der Waals surface area contributed by atoms with E-state index in [-0.39, 0.29) is 24.3 Å². The first-order valence-corrected chi connectivity index (χ1v) is 8.96. The van der Waals surface area contributed by atoms with Gasteiger partial charge in [-0.1, -0.05) is 19.0 Å². The lowest BCUT2D eigenvalue weighted by molar-refractivity contribution is -0.131. The molecule has 0 saturated carbocycles. The first-order valence-electron chi connectivity index (χ1n) is 8.96. The molecule has 1 aliphatic rings. The van der Waals surface area contributed by atoms with Gasteiger partial charge < -0.3 is 19.3 Å². The van der Waals surface area contributed by atoms with Gasteiger partial charge in [0, 0.05) is 5.56 Å². The lowest BCUT2D eigenvalue weighted by Gasteiger charge is -2.23. The number of benzene rings is 1. The predicted molar refractivity (Wildman–Crippen MR) is 99.8 cm³/mol. The van der Waals surface area contributed by atoms with Gasteiger partial charge in [-0.15, -0.1) is 0 Å². The van der Waals surface area contributed by atoms with E-state index in [2.05, 4.69) is 15.5 Å². The van der Waals surface area contributed by atoms with E-state index in [0.717, 1.165) is 4.90 Å². The minimum Gasteiger partial charge on any atom is -0.493 e. The van der Waals surface area contributed by atoms with Crippen molar-refractivity contribution in [3.05, 3.63) is 24.1 Å². The van der Waals surface area contributed by atoms with Crippen LogP contribution in [0.4, 0.5) is 4.79 Å². The van der Waals surface area contributed by atoms with E-state index in [0.29, 0.717) is 29.3 Å². The Morgan fingerprint density at radius 3 is 2.57 bits per heavy atom. The van der Waals surface area contributed by atoms with Gasteiger partial charge in [-0.3, -0.25) is 9.69 Å². The molecule has 9 heteroatoms. The van der Waals surface area contributed by atoms with Crippen LogP contribution in [0.1, 0.15) is 33.1 Å². The van der Waals surface area contributed by atoms with E-state index in [9.17, 15) is 9.59 Å². The van der Waals surface area contributed by atoms with E-state index in [4.69, 9.17) is 14.0 Å². The number of hydrogen-bond donors (Lipinski definition) is 1. The molecule has 1 atom stereocenters. The SMILES string of the molecule is COc1ccc(-c2noc(CN3C(=O)N[C@@](C)(CC(C)C)C3=O)n2)cc1OC. The van der Waals surface area contributed by atoms with Crippen LogP contribution in [0.2, 0.25) is 0 Å². The third kappa shape index (κ3) is 3.64. The molecule has 2 heterocycles. The average molecular weight is 388 g/mol. The molecule has 28 heavy (non-hydrogen) atoms. The Hall–Kier alpha value is -3.10. The highest BCUT2D eigenvalue weighted by atomic mass is 16.5. The summed E-state index contributed by atoms with van der Waals surface area (Å²) < 4.78 is 15.7. The predicted octanol–water partition coefficient (Wildman–Crippen LogP) is 2.61. The Morgan fingerprint density at radius 1 is 1.21 bits per heavy atom. The van der Waals surface area contributed by atoms with Crippen LogP contribution in [0.15, 0.2) is 22.7 Å². The molecule has 3 rings (SSSR count). The zero-order chi connectivity index (χ0) is 20.5. The summed E-state index contributed by atoms with van der Waals surface area (Å²) in [7, 11) is 3.09. The average Bonchev–Trinajstić information content (AvgIpc) is 3.19. The Morgan fingerprint density at radius 2 is 1.93 bits per heavy atom. The molecule has 1 aliphatic heterocycles. The van der Waals surface area contributed by atoms with E-state index in [1.54, 1.807) is 32.2 Å². The molecule has 1 N–H and O–H groups in total. The van der Waals surface area contributed by atoms with E-state index in [1.165, 1.54) is 7.11 Å². The van der Waals surface area contributed by atoms with Gasteiger partial charge in [0.05, 0.1) is 14.2 Å². The smallest absolute Gasteiger partial charge is 0.325 e. The highest BCUT2D eigenvalue weighted by molar-refractivity contribution is 6.06.